The third-order valence-corrected chi connectivity index (χ3v) is 3.17. The number of hydrogen-bond donors (Lipinski definition) is 0. The Kier molecular flexibility index (Phi) is 26.8. The van der Waals surface area contributed by atoms with Gasteiger partial charge in [-0.3, -0.25) is 19.2 Å². The molecule has 0 amide bonds. The second-order valence-corrected chi connectivity index (χ2v) is 6.57. The summed E-state index contributed by atoms with van der Waals surface area (Å²) >= 11 is 0. The molecule has 0 saturated heterocycles. The summed E-state index contributed by atoms with van der Waals surface area (Å²) in [7, 11) is 0. The predicted molar refractivity (Wildman–Crippen MR) is 108 cm³/mol. The molecular formula is C22H23Cu2F6O8+. The summed E-state index contributed by atoms with van der Waals surface area (Å²) in [6, 6.07) is 5.14. The van der Waals surface area contributed by atoms with E-state index < -0.39 is 60.3 Å². The average Bonchev–Trinajstić information content (AvgIpc) is 2.72. The molecule has 0 spiro atoms. The maximum absolute atomic E-state index is 11.3. The monoisotopic (exact) mass is 655 g/mol. The van der Waals surface area contributed by atoms with Crippen molar-refractivity contribution in [1.82, 2.24) is 0 Å². The molecule has 0 bridgehead atoms. The maximum atomic E-state index is 11.3. The SMILES string of the molecule is CC(=O)CC(=O)C(F)(F)F.CC(=O)CC(=O)C(F)(F)F.O=C([O-])c1ccccc1C(=O)[O-].[CH2-]CCC.[Cu+2].[Cu+2]. The molecule has 0 fully saturated rings. The summed E-state index contributed by atoms with van der Waals surface area (Å²) in [6.07, 6.45) is -9.57. The van der Waals surface area contributed by atoms with E-state index in [1.807, 2.05) is 0 Å². The zero-order chi connectivity index (χ0) is 29.3. The van der Waals surface area contributed by atoms with Gasteiger partial charge in [0.1, 0.15) is 11.6 Å². The van der Waals surface area contributed by atoms with Crippen molar-refractivity contribution in [2.45, 2.75) is 58.8 Å². The molecule has 0 aliphatic rings. The van der Waals surface area contributed by atoms with Crippen LogP contribution in [-0.4, -0.2) is 47.4 Å². The van der Waals surface area contributed by atoms with E-state index in [2.05, 4.69) is 13.8 Å². The molecule has 0 saturated carbocycles. The predicted octanol–water partition coefficient (Wildman–Crippen LogP) is 2.22. The van der Waals surface area contributed by atoms with Crippen molar-refractivity contribution in [3.63, 3.8) is 0 Å². The van der Waals surface area contributed by atoms with Crippen LogP contribution in [0.4, 0.5) is 26.3 Å². The molecule has 0 heterocycles. The topological polar surface area (TPSA) is 149 Å². The molecule has 38 heavy (non-hydrogen) atoms. The Morgan fingerprint density at radius 3 is 1.05 bits per heavy atom. The molecule has 222 valence electrons. The van der Waals surface area contributed by atoms with Gasteiger partial charge in [-0.15, -0.1) is 0 Å². The second-order valence-electron chi connectivity index (χ2n) is 6.57. The van der Waals surface area contributed by atoms with E-state index in [1.165, 1.54) is 18.6 Å². The molecule has 1 aromatic rings. The number of ketones is 4. The van der Waals surface area contributed by atoms with Crippen molar-refractivity contribution in [3.05, 3.63) is 42.3 Å². The van der Waals surface area contributed by atoms with Crippen molar-refractivity contribution in [2.75, 3.05) is 0 Å². The summed E-state index contributed by atoms with van der Waals surface area (Å²) in [6.45, 7) is 7.59. The van der Waals surface area contributed by atoms with Crippen LogP contribution in [0.15, 0.2) is 24.3 Å². The number of aromatic carboxylic acids is 2. The van der Waals surface area contributed by atoms with Gasteiger partial charge in [-0.2, -0.15) is 32.8 Å². The Morgan fingerprint density at radius 2 is 0.947 bits per heavy atom. The molecule has 0 atom stereocenters. The molecule has 8 nitrogen and oxygen atoms in total. The van der Waals surface area contributed by atoms with Gasteiger partial charge in [0.2, 0.25) is 11.6 Å². The van der Waals surface area contributed by atoms with E-state index in [-0.39, 0.29) is 45.3 Å². The van der Waals surface area contributed by atoms with E-state index in [9.17, 15) is 65.3 Å². The zero-order valence-electron chi connectivity index (χ0n) is 20.0. The largest absolute Gasteiger partial charge is 2.00 e. The number of halogens is 6. The van der Waals surface area contributed by atoms with Gasteiger partial charge < -0.3 is 26.7 Å². The van der Waals surface area contributed by atoms with Crippen LogP contribution in [0, 0.1) is 6.92 Å². The van der Waals surface area contributed by atoms with Gasteiger partial charge in [0.15, 0.2) is 0 Å². The van der Waals surface area contributed by atoms with Crippen LogP contribution in [0.3, 0.4) is 0 Å². The van der Waals surface area contributed by atoms with Crippen LogP contribution in [0.1, 0.15) is 67.2 Å². The fraction of sp³-hybridized carbons (Fsp3) is 0.409. The van der Waals surface area contributed by atoms with Gasteiger partial charge in [-0.05, 0) is 13.8 Å². The Hall–Kier alpha value is -2.54. The van der Waals surface area contributed by atoms with E-state index >= 15 is 0 Å². The van der Waals surface area contributed by atoms with E-state index in [4.69, 9.17) is 0 Å². The quantitative estimate of drug-likeness (QED) is 0.188. The van der Waals surface area contributed by atoms with Crippen LogP contribution >= 0.6 is 0 Å². The minimum Gasteiger partial charge on any atom is -0.545 e. The van der Waals surface area contributed by atoms with Gasteiger partial charge in [0, 0.05) is 11.1 Å². The number of unbranched alkanes of at least 4 members (excludes halogenated alkanes) is 1. The van der Waals surface area contributed by atoms with Gasteiger partial charge in [-0.1, -0.05) is 37.6 Å². The average molecular weight is 656 g/mol. The van der Waals surface area contributed by atoms with Gasteiger partial charge in [0.05, 0.1) is 24.8 Å². The van der Waals surface area contributed by atoms with Crippen molar-refractivity contribution < 1.29 is 99.5 Å². The molecule has 0 aromatic heterocycles. The molecular weight excluding hydrogens is 633 g/mol. The standard InChI is InChI=1S/C8H6O4.2C5H5F3O2.C4H9.2Cu/c9-7(10)5-3-1-2-4-6(5)8(11)12;2*1-3(9)2-4(10)5(6,7)8;1-3-4-2;;/h1-4H,(H,9,10)(H,11,12);2*2H2,1H3;1,3-4H2,2H3;;/q;;;-1;2*+2/p-2. The maximum Gasteiger partial charge on any atom is 2.00 e. The fourth-order valence-corrected chi connectivity index (χ4v) is 1.49. The molecule has 0 aliphatic carbocycles. The number of hydrogen-bond acceptors (Lipinski definition) is 8. The normalized spacial score (nSPS) is 9.63. The third-order valence-electron chi connectivity index (χ3n) is 3.17. The van der Waals surface area contributed by atoms with Crippen molar-refractivity contribution in [2.24, 2.45) is 0 Å². The Balaban J connectivity index is -0.000000131. The van der Waals surface area contributed by atoms with Gasteiger partial charge in [-0.25, -0.2) is 0 Å². The molecule has 0 aliphatic heterocycles. The van der Waals surface area contributed by atoms with Gasteiger partial charge >= 0.3 is 46.5 Å². The van der Waals surface area contributed by atoms with Gasteiger partial charge in [0.25, 0.3) is 0 Å². The van der Waals surface area contributed by atoms with Crippen LogP contribution in [0.25, 0.3) is 0 Å². The second kappa shape index (κ2) is 22.4. The van der Waals surface area contributed by atoms with Crippen LogP contribution in [0.5, 0.6) is 0 Å². The fourth-order valence-electron chi connectivity index (χ4n) is 1.49. The first-order valence-corrected chi connectivity index (χ1v) is 9.72. The molecule has 2 radical (unpaired) electrons. The minimum absolute atomic E-state index is 0. The number of carbonyl (C=O) groups excluding carboxylic acids is 6. The zero-order valence-corrected chi connectivity index (χ0v) is 21.9. The number of benzene rings is 1. The minimum atomic E-state index is -4.87. The number of carboxylic acid groups (broad SMARTS) is 2. The summed E-state index contributed by atoms with van der Waals surface area (Å²) in [5.41, 5.74) is -0.727. The number of carbonyl (C=O) groups is 6. The Bertz CT molecular complexity index is 843. The van der Waals surface area contributed by atoms with E-state index in [0.29, 0.717) is 0 Å². The van der Waals surface area contributed by atoms with Crippen LogP contribution < -0.4 is 10.2 Å². The molecule has 0 unspecified atom stereocenters. The summed E-state index contributed by atoms with van der Waals surface area (Å²) < 4.78 is 67.8. The van der Waals surface area contributed by atoms with Crippen molar-refractivity contribution in [3.8, 4) is 0 Å². The number of rotatable bonds is 7. The third kappa shape index (κ3) is 25.1. The smallest absolute Gasteiger partial charge is 0.545 e. The van der Waals surface area contributed by atoms with E-state index in [0.717, 1.165) is 32.4 Å². The Labute approximate surface area is 235 Å². The first-order valence-electron chi connectivity index (χ1n) is 9.72. The van der Waals surface area contributed by atoms with Crippen molar-refractivity contribution in [1.29, 1.82) is 0 Å². The summed E-state index contributed by atoms with van der Waals surface area (Å²) in [5.74, 6) is -8.56. The summed E-state index contributed by atoms with van der Waals surface area (Å²) in [5, 5.41) is 20.6. The van der Waals surface area contributed by atoms with Crippen LogP contribution in [-0.2, 0) is 53.3 Å². The van der Waals surface area contributed by atoms with E-state index in [1.54, 1.807) is 0 Å². The van der Waals surface area contributed by atoms with Crippen LogP contribution in [0.2, 0.25) is 0 Å². The molecule has 1 rings (SSSR count). The number of alkyl halides is 6. The molecule has 0 N–H and O–H groups in total. The Morgan fingerprint density at radius 1 is 0.711 bits per heavy atom. The molecule has 1 aromatic carbocycles. The summed E-state index contributed by atoms with van der Waals surface area (Å²) in [4.78, 5) is 60.5. The molecule has 16 heteroatoms. The first kappa shape index (κ1) is 45.4. The first-order chi connectivity index (χ1) is 16.2. The number of carboxylic acids is 2. The number of Topliss-reactive ketones (excluding diaryl/α,β-unsaturated/α-hetero) is 4. The van der Waals surface area contributed by atoms with Crippen molar-refractivity contribution >= 4 is 35.1 Å².